The van der Waals surface area contributed by atoms with Crippen molar-refractivity contribution >= 4 is 12.1 Å². The summed E-state index contributed by atoms with van der Waals surface area (Å²) < 4.78 is 26.8. The second-order valence-electron chi connectivity index (χ2n) is 7.97. The van der Waals surface area contributed by atoms with Gasteiger partial charge >= 0.3 is 12.1 Å². The first kappa shape index (κ1) is 24.8. The minimum atomic E-state index is -1.09. The average Bonchev–Trinajstić information content (AvgIpc) is 2.72. The molecule has 1 aliphatic rings. The standard InChI is InChI=1S/C22H31NO8/c1-22(2,3)31-21(26)23-16(20(25)27-4)13-29-19-11-10-17(24)18(30-19)14-28-12-15-8-6-5-7-9-15/h5-11,16-19,24H,12-14H2,1-4H3,(H,23,26)/t16-,17-,18+,19-/m0/s1. The fraction of sp³-hybridized carbons (Fsp3) is 0.545. The summed E-state index contributed by atoms with van der Waals surface area (Å²) in [5.41, 5.74) is 0.287. The van der Waals surface area contributed by atoms with Gasteiger partial charge in [0, 0.05) is 0 Å². The smallest absolute Gasteiger partial charge is 0.408 e. The molecule has 0 spiro atoms. The summed E-state index contributed by atoms with van der Waals surface area (Å²) in [5.74, 6) is -0.687. The van der Waals surface area contributed by atoms with E-state index in [1.807, 2.05) is 30.3 Å². The molecule has 1 heterocycles. The number of methoxy groups -OCH3 is 1. The van der Waals surface area contributed by atoms with Crippen LogP contribution in [-0.2, 0) is 35.1 Å². The second-order valence-corrected chi connectivity index (χ2v) is 7.97. The van der Waals surface area contributed by atoms with Crippen LogP contribution in [0.4, 0.5) is 4.79 Å². The van der Waals surface area contributed by atoms with Gasteiger partial charge in [-0.15, -0.1) is 0 Å². The van der Waals surface area contributed by atoms with Crippen molar-refractivity contribution in [1.29, 1.82) is 0 Å². The molecule has 172 valence electrons. The van der Waals surface area contributed by atoms with Gasteiger partial charge in [0.1, 0.15) is 17.8 Å². The van der Waals surface area contributed by atoms with Gasteiger partial charge in [0.15, 0.2) is 12.3 Å². The number of alkyl carbamates (subject to hydrolysis) is 1. The number of benzene rings is 1. The molecule has 1 aliphatic heterocycles. The van der Waals surface area contributed by atoms with Crippen LogP contribution in [0.2, 0.25) is 0 Å². The Labute approximate surface area is 182 Å². The Morgan fingerprint density at radius 3 is 2.55 bits per heavy atom. The van der Waals surface area contributed by atoms with Crippen molar-refractivity contribution in [1.82, 2.24) is 5.32 Å². The van der Waals surface area contributed by atoms with Crippen molar-refractivity contribution in [2.45, 2.75) is 57.5 Å². The van der Waals surface area contributed by atoms with Gasteiger partial charge in [-0.2, -0.15) is 0 Å². The van der Waals surface area contributed by atoms with Crippen molar-refractivity contribution in [2.24, 2.45) is 0 Å². The highest BCUT2D eigenvalue weighted by Crippen LogP contribution is 2.16. The highest BCUT2D eigenvalue weighted by atomic mass is 16.7. The minimum absolute atomic E-state index is 0.150. The highest BCUT2D eigenvalue weighted by molar-refractivity contribution is 5.81. The quantitative estimate of drug-likeness (QED) is 0.445. The zero-order valence-corrected chi connectivity index (χ0v) is 18.3. The van der Waals surface area contributed by atoms with Crippen LogP contribution in [-0.4, -0.2) is 67.6 Å². The van der Waals surface area contributed by atoms with Crippen LogP contribution in [0.15, 0.2) is 42.5 Å². The van der Waals surface area contributed by atoms with Crippen LogP contribution in [0.1, 0.15) is 26.3 Å². The lowest BCUT2D eigenvalue weighted by atomic mass is 10.1. The molecule has 1 aromatic carbocycles. The number of aliphatic hydroxyl groups excluding tert-OH is 1. The Hall–Kier alpha value is -2.46. The maximum atomic E-state index is 12.0. The van der Waals surface area contributed by atoms with Crippen molar-refractivity contribution in [2.75, 3.05) is 20.3 Å². The molecule has 1 amide bonds. The summed E-state index contributed by atoms with van der Waals surface area (Å²) in [4.78, 5) is 24.0. The van der Waals surface area contributed by atoms with Crippen LogP contribution in [0, 0.1) is 0 Å². The third-order valence-corrected chi connectivity index (χ3v) is 4.15. The predicted molar refractivity (Wildman–Crippen MR) is 111 cm³/mol. The molecule has 9 heteroatoms. The van der Waals surface area contributed by atoms with Gasteiger partial charge in [-0.25, -0.2) is 9.59 Å². The summed E-state index contributed by atoms with van der Waals surface area (Å²) in [6.45, 7) is 5.45. The molecule has 4 atom stereocenters. The van der Waals surface area contributed by atoms with Crippen molar-refractivity contribution in [3.05, 3.63) is 48.0 Å². The molecular weight excluding hydrogens is 406 g/mol. The SMILES string of the molecule is COC(=O)[C@H](CO[C@@H]1C=C[C@H](O)[C@@H](COCc2ccccc2)O1)NC(=O)OC(C)(C)C. The topological polar surface area (TPSA) is 113 Å². The summed E-state index contributed by atoms with van der Waals surface area (Å²) in [7, 11) is 1.21. The number of carbonyl (C=O) groups excluding carboxylic acids is 2. The molecule has 0 aromatic heterocycles. The van der Waals surface area contributed by atoms with E-state index in [1.54, 1.807) is 26.8 Å². The maximum absolute atomic E-state index is 12.0. The molecule has 0 bridgehead atoms. The van der Waals surface area contributed by atoms with Crippen LogP contribution >= 0.6 is 0 Å². The number of rotatable bonds is 9. The third kappa shape index (κ3) is 9.06. The molecule has 9 nitrogen and oxygen atoms in total. The van der Waals surface area contributed by atoms with Crippen LogP contribution in [0.25, 0.3) is 0 Å². The number of esters is 1. The normalized spacial score (nSPS) is 21.9. The molecule has 2 rings (SSSR count). The Kier molecular flexibility index (Phi) is 9.44. The first-order valence-corrected chi connectivity index (χ1v) is 10.0. The molecule has 31 heavy (non-hydrogen) atoms. The number of ether oxygens (including phenoxy) is 5. The van der Waals surface area contributed by atoms with Gasteiger partial charge in [0.25, 0.3) is 0 Å². The van der Waals surface area contributed by atoms with Crippen LogP contribution in [0.3, 0.4) is 0 Å². The Bertz CT molecular complexity index is 731. The molecule has 0 saturated carbocycles. The van der Waals surface area contributed by atoms with E-state index in [4.69, 9.17) is 23.7 Å². The lowest BCUT2D eigenvalue weighted by Crippen LogP contribution is -2.48. The lowest BCUT2D eigenvalue weighted by molar-refractivity contribution is -0.190. The zero-order chi connectivity index (χ0) is 22.9. The number of hydrogen-bond donors (Lipinski definition) is 2. The Morgan fingerprint density at radius 2 is 1.90 bits per heavy atom. The molecule has 0 fully saturated rings. The summed E-state index contributed by atoms with van der Waals surface area (Å²) in [5, 5.41) is 12.5. The van der Waals surface area contributed by atoms with E-state index in [9.17, 15) is 14.7 Å². The highest BCUT2D eigenvalue weighted by Gasteiger charge is 2.30. The molecular formula is C22H31NO8. The van der Waals surface area contributed by atoms with E-state index >= 15 is 0 Å². The van der Waals surface area contributed by atoms with Crippen molar-refractivity contribution < 1.29 is 38.4 Å². The maximum Gasteiger partial charge on any atom is 0.408 e. The number of nitrogens with one attached hydrogen (secondary N) is 1. The molecule has 0 aliphatic carbocycles. The molecule has 0 unspecified atom stereocenters. The summed E-state index contributed by atoms with van der Waals surface area (Å²) in [6, 6.07) is 8.55. The Morgan fingerprint density at radius 1 is 1.19 bits per heavy atom. The van der Waals surface area contributed by atoms with Gasteiger partial charge < -0.3 is 34.1 Å². The number of hydrogen-bond acceptors (Lipinski definition) is 8. The van der Waals surface area contributed by atoms with Crippen molar-refractivity contribution in [3.8, 4) is 0 Å². The van der Waals surface area contributed by atoms with Gasteiger partial charge in [-0.3, -0.25) is 0 Å². The van der Waals surface area contributed by atoms with E-state index in [1.165, 1.54) is 13.2 Å². The van der Waals surface area contributed by atoms with Crippen LogP contribution < -0.4 is 5.32 Å². The predicted octanol–water partition coefficient (Wildman–Crippen LogP) is 1.93. The van der Waals surface area contributed by atoms with E-state index in [2.05, 4.69) is 5.32 Å². The third-order valence-electron chi connectivity index (χ3n) is 4.15. The van der Waals surface area contributed by atoms with Gasteiger partial charge in [-0.1, -0.05) is 36.4 Å². The number of aliphatic hydroxyl groups is 1. The summed E-state index contributed by atoms with van der Waals surface area (Å²) in [6.07, 6.45) is -0.0316. The molecule has 0 saturated heterocycles. The van der Waals surface area contributed by atoms with Crippen LogP contribution in [0.5, 0.6) is 0 Å². The average molecular weight is 437 g/mol. The number of amides is 1. The minimum Gasteiger partial charge on any atom is -0.467 e. The van der Waals surface area contributed by atoms with Gasteiger partial charge in [0.05, 0.1) is 26.9 Å². The second kappa shape index (κ2) is 11.8. The summed E-state index contributed by atoms with van der Waals surface area (Å²) >= 11 is 0. The van der Waals surface area contributed by atoms with E-state index in [0.29, 0.717) is 6.61 Å². The van der Waals surface area contributed by atoms with E-state index < -0.39 is 42.2 Å². The zero-order valence-electron chi connectivity index (χ0n) is 18.3. The lowest BCUT2D eigenvalue weighted by Gasteiger charge is -2.30. The first-order valence-electron chi connectivity index (χ1n) is 10.0. The largest absolute Gasteiger partial charge is 0.467 e. The molecule has 2 N–H and O–H groups in total. The first-order chi connectivity index (χ1) is 14.7. The van der Waals surface area contributed by atoms with Gasteiger partial charge in [0.2, 0.25) is 0 Å². The molecule has 1 aromatic rings. The molecule has 0 radical (unpaired) electrons. The van der Waals surface area contributed by atoms with E-state index in [0.717, 1.165) is 5.56 Å². The fourth-order valence-corrected chi connectivity index (χ4v) is 2.68. The van der Waals surface area contributed by atoms with E-state index in [-0.39, 0.29) is 13.2 Å². The number of carbonyl (C=O) groups is 2. The Balaban J connectivity index is 1.84. The fourth-order valence-electron chi connectivity index (χ4n) is 2.68. The van der Waals surface area contributed by atoms with Gasteiger partial charge in [-0.05, 0) is 32.4 Å². The van der Waals surface area contributed by atoms with Crippen molar-refractivity contribution in [3.63, 3.8) is 0 Å². The monoisotopic (exact) mass is 437 g/mol.